The van der Waals surface area contributed by atoms with E-state index in [1.807, 2.05) is 0 Å². The molecule has 0 aromatic heterocycles. The summed E-state index contributed by atoms with van der Waals surface area (Å²) in [6.07, 6.45) is -8.28. The summed E-state index contributed by atoms with van der Waals surface area (Å²) in [4.78, 5) is 0. The van der Waals surface area contributed by atoms with Crippen LogP contribution in [0.5, 0.6) is 0 Å². The highest BCUT2D eigenvalue weighted by molar-refractivity contribution is 14.1. The number of halogens is 1. The molecule has 3 rings (SSSR count). The number of rotatable bonds is 6. The molecule has 0 aromatic carbocycles. The Bertz CT molecular complexity index is 497. The average molecular weight is 492 g/mol. The lowest BCUT2D eigenvalue weighted by Gasteiger charge is -2.42. The third-order valence-corrected chi connectivity index (χ3v) is 6.10. The lowest BCUT2D eigenvalue weighted by atomic mass is 9.96. The van der Waals surface area contributed by atoms with E-state index in [1.165, 1.54) is 7.11 Å². The minimum atomic E-state index is -1.46. The zero-order valence-corrected chi connectivity index (χ0v) is 16.5. The Kier molecular flexibility index (Phi) is 6.47. The van der Waals surface area contributed by atoms with Crippen molar-refractivity contribution in [2.45, 2.75) is 67.6 Å². The van der Waals surface area contributed by atoms with E-state index in [2.05, 4.69) is 0 Å². The van der Waals surface area contributed by atoms with Gasteiger partial charge in [0.05, 0.1) is 25.2 Å². The topological polar surface area (TPSA) is 147 Å². The van der Waals surface area contributed by atoms with E-state index in [-0.39, 0.29) is 6.61 Å². The molecule has 1 saturated carbocycles. The third kappa shape index (κ3) is 3.30. The van der Waals surface area contributed by atoms with Gasteiger partial charge < -0.3 is 47.5 Å². The van der Waals surface area contributed by atoms with Gasteiger partial charge in [0, 0.05) is 7.11 Å². The molecule has 152 valence electrons. The van der Waals surface area contributed by atoms with Gasteiger partial charge in [0.1, 0.15) is 71.3 Å². The maximum Gasteiger partial charge on any atom is 0.184 e. The van der Waals surface area contributed by atoms with E-state index in [1.54, 1.807) is 29.9 Å². The number of aliphatic hydroxyl groups is 5. The molecule has 2 heterocycles. The van der Waals surface area contributed by atoms with Crippen molar-refractivity contribution in [1.29, 1.82) is 0 Å². The first-order valence-corrected chi connectivity index (χ1v) is 9.29. The summed E-state index contributed by atoms with van der Waals surface area (Å²) in [6.45, 7) is 1.04. The van der Waals surface area contributed by atoms with Crippen molar-refractivity contribution in [2.75, 3.05) is 20.3 Å². The van der Waals surface area contributed by atoms with Crippen molar-refractivity contribution in [1.82, 2.24) is 0 Å². The minimum absolute atomic E-state index is 0.140. The van der Waals surface area contributed by atoms with Crippen LogP contribution in [0, 0.1) is 5.92 Å². The molecule has 1 aliphatic carbocycles. The summed E-state index contributed by atoms with van der Waals surface area (Å²) in [6, 6.07) is 0. The van der Waals surface area contributed by atoms with E-state index < -0.39 is 73.2 Å². The third-order valence-electron chi connectivity index (χ3n) is 5.55. The summed E-state index contributed by atoms with van der Waals surface area (Å²) in [7, 11) is 1.38. The van der Waals surface area contributed by atoms with Gasteiger partial charge in [-0.05, 0) is 6.92 Å². The van der Waals surface area contributed by atoms with Gasteiger partial charge in [-0.3, -0.25) is 0 Å². The van der Waals surface area contributed by atoms with Gasteiger partial charge in [-0.1, -0.05) is 0 Å². The molecule has 10 nitrogen and oxygen atoms in total. The molecule has 11 atom stereocenters. The second-order valence-electron chi connectivity index (χ2n) is 6.98. The molecule has 2 aliphatic heterocycles. The molecule has 0 radical (unpaired) electrons. The van der Waals surface area contributed by atoms with Crippen LogP contribution in [0.1, 0.15) is 6.92 Å². The molecule has 0 spiro atoms. The van der Waals surface area contributed by atoms with E-state index in [0.717, 1.165) is 0 Å². The minimum Gasteiger partial charge on any atom is -0.394 e. The van der Waals surface area contributed by atoms with Crippen molar-refractivity contribution in [2.24, 2.45) is 5.92 Å². The fraction of sp³-hybridized carbons (Fsp3) is 1.00. The molecular formula is C15H25IO10. The average Bonchev–Trinajstić information content (AvgIpc) is 3.25. The van der Waals surface area contributed by atoms with Crippen LogP contribution in [0.2, 0.25) is 0 Å². The summed E-state index contributed by atoms with van der Waals surface area (Å²) in [5.41, 5.74) is -1.46. The zero-order chi connectivity index (χ0) is 19.2. The molecule has 5 N–H and O–H groups in total. The highest BCUT2D eigenvalue weighted by Gasteiger charge is 2.76. The van der Waals surface area contributed by atoms with Gasteiger partial charge in [0.15, 0.2) is 6.29 Å². The number of fused-ring (bicyclic) bond motifs is 1. The molecule has 0 bridgehead atoms. The van der Waals surface area contributed by atoms with Crippen LogP contribution in [0.3, 0.4) is 0 Å². The Morgan fingerprint density at radius 2 is 1.81 bits per heavy atom. The van der Waals surface area contributed by atoms with Crippen LogP contribution in [-0.4, -0.2) is 107 Å². The maximum absolute atomic E-state index is 10.5. The molecule has 8 unspecified atom stereocenters. The molecular weight excluding hydrogens is 467 g/mol. The van der Waals surface area contributed by atoms with Crippen molar-refractivity contribution in [3.05, 3.63) is 0 Å². The first-order chi connectivity index (χ1) is 12.3. The standard InChI is InChI=1S/C15H25IO10/c1-5-9(18)12(22-2)10(19)6(24-5)4-23-14-11(20)8-13(26-16)15(8,21)7(3-17)25-14/h5-14,17-21H,3-4H2,1-2H3/t5-,6?,7?,8?,9?,10-,11?,12?,13?,14?,15+/m0/s1. The summed E-state index contributed by atoms with van der Waals surface area (Å²) >= 11 is 1.63. The number of methoxy groups -OCH3 is 1. The second-order valence-corrected chi connectivity index (χ2v) is 7.49. The van der Waals surface area contributed by atoms with Gasteiger partial charge in [0.25, 0.3) is 0 Å². The maximum atomic E-state index is 10.5. The van der Waals surface area contributed by atoms with E-state index >= 15 is 0 Å². The fourth-order valence-electron chi connectivity index (χ4n) is 3.94. The Hall–Kier alpha value is 0.330. The number of hydrogen-bond donors (Lipinski definition) is 5. The second kappa shape index (κ2) is 7.99. The molecule has 26 heavy (non-hydrogen) atoms. The van der Waals surface area contributed by atoms with Crippen LogP contribution in [0.25, 0.3) is 0 Å². The Morgan fingerprint density at radius 3 is 2.38 bits per heavy atom. The zero-order valence-electron chi connectivity index (χ0n) is 14.3. The van der Waals surface area contributed by atoms with Crippen molar-refractivity contribution >= 4 is 23.0 Å². The quantitative estimate of drug-likeness (QED) is 0.257. The smallest absolute Gasteiger partial charge is 0.184 e. The fourth-order valence-corrected chi connectivity index (χ4v) is 4.66. The van der Waals surface area contributed by atoms with Gasteiger partial charge in [0.2, 0.25) is 0 Å². The Balaban J connectivity index is 1.63. The summed E-state index contributed by atoms with van der Waals surface area (Å²) in [5, 5.41) is 50.7. The lowest BCUT2D eigenvalue weighted by Crippen LogP contribution is -2.59. The Labute approximate surface area is 164 Å². The van der Waals surface area contributed by atoms with E-state index in [9.17, 15) is 25.5 Å². The van der Waals surface area contributed by atoms with Gasteiger partial charge >= 0.3 is 0 Å². The SMILES string of the molecule is COC1C(O)[C@H](C)OC(COC2OC(CO)[C@]3(O)C(OI)C3C2O)[C@@H]1O. The van der Waals surface area contributed by atoms with Crippen molar-refractivity contribution < 1.29 is 47.5 Å². The molecule has 3 fully saturated rings. The lowest BCUT2D eigenvalue weighted by molar-refractivity contribution is -0.294. The first-order valence-electron chi connectivity index (χ1n) is 8.41. The monoisotopic (exact) mass is 492 g/mol. The first kappa shape index (κ1) is 21.0. The van der Waals surface area contributed by atoms with Crippen molar-refractivity contribution in [3.63, 3.8) is 0 Å². The predicted octanol–water partition coefficient (Wildman–Crippen LogP) is -2.30. The van der Waals surface area contributed by atoms with Gasteiger partial charge in [-0.15, -0.1) is 0 Å². The van der Waals surface area contributed by atoms with E-state index in [4.69, 9.17) is 22.0 Å². The van der Waals surface area contributed by atoms with Gasteiger partial charge in [-0.25, -0.2) is 0 Å². The number of hydrogen-bond acceptors (Lipinski definition) is 10. The molecule has 3 aliphatic rings. The normalized spacial score (nSPS) is 54.0. The summed E-state index contributed by atoms with van der Waals surface area (Å²) < 4.78 is 26.9. The number of aliphatic hydroxyl groups excluding tert-OH is 4. The summed E-state index contributed by atoms with van der Waals surface area (Å²) in [5.74, 6) is -0.653. The molecule has 11 heteroatoms. The number of ether oxygens (including phenoxy) is 4. The van der Waals surface area contributed by atoms with Crippen molar-refractivity contribution in [3.8, 4) is 0 Å². The van der Waals surface area contributed by atoms with E-state index in [0.29, 0.717) is 0 Å². The molecule has 0 aromatic rings. The highest BCUT2D eigenvalue weighted by atomic mass is 127. The van der Waals surface area contributed by atoms with Crippen LogP contribution >= 0.6 is 23.0 Å². The van der Waals surface area contributed by atoms with Crippen LogP contribution in [0.15, 0.2) is 0 Å². The highest BCUT2D eigenvalue weighted by Crippen LogP contribution is 2.56. The predicted molar refractivity (Wildman–Crippen MR) is 92.2 cm³/mol. The van der Waals surface area contributed by atoms with Crippen LogP contribution < -0.4 is 0 Å². The largest absolute Gasteiger partial charge is 0.394 e. The van der Waals surface area contributed by atoms with Crippen LogP contribution in [0.4, 0.5) is 0 Å². The molecule has 2 saturated heterocycles. The Morgan fingerprint density at radius 1 is 1.12 bits per heavy atom. The molecule has 0 amide bonds. The van der Waals surface area contributed by atoms with Gasteiger partial charge in [-0.2, -0.15) is 0 Å². The van der Waals surface area contributed by atoms with Crippen LogP contribution in [-0.2, 0) is 22.0 Å².